The summed E-state index contributed by atoms with van der Waals surface area (Å²) in [7, 11) is 0. The van der Waals surface area contributed by atoms with Gasteiger partial charge in [0.05, 0.1) is 5.56 Å². The van der Waals surface area contributed by atoms with Crippen LogP contribution in [0.4, 0.5) is 13.2 Å². The zero-order chi connectivity index (χ0) is 15.3. The highest BCUT2D eigenvalue weighted by molar-refractivity contribution is 5.27. The lowest BCUT2D eigenvalue weighted by Crippen LogP contribution is -2.26. The lowest BCUT2D eigenvalue weighted by atomic mass is 9.89. The molecule has 0 saturated carbocycles. The second kappa shape index (κ2) is 7.27. The van der Waals surface area contributed by atoms with Crippen LogP contribution in [0.5, 0.6) is 0 Å². The number of ether oxygens (including phenoxy) is 1. The Kier molecular flexibility index (Phi) is 5.65. The molecule has 1 N–H and O–H groups in total. The Morgan fingerprint density at radius 1 is 1.19 bits per heavy atom. The minimum atomic E-state index is -4.27. The molecule has 21 heavy (non-hydrogen) atoms. The van der Waals surface area contributed by atoms with Gasteiger partial charge in [-0.2, -0.15) is 13.2 Å². The van der Waals surface area contributed by atoms with Gasteiger partial charge in [0, 0.05) is 19.3 Å². The third-order valence-electron chi connectivity index (χ3n) is 4.00. The number of hydrogen-bond donors (Lipinski definition) is 1. The highest BCUT2D eigenvalue weighted by Gasteiger charge is 2.30. The van der Waals surface area contributed by atoms with Gasteiger partial charge in [0.25, 0.3) is 0 Å². The number of hydrogen-bond acceptors (Lipinski definition) is 2. The first-order chi connectivity index (χ1) is 10.0. The number of benzene rings is 1. The summed E-state index contributed by atoms with van der Waals surface area (Å²) in [5, 5.41) is 3.38. The lowest BCUT2D eigenvalue weighted by molar-refractivity contribution is -0.137. The molecule has 1 aromatic carbocycles. The number of alkyl halides is 3. The van der Waals surface area contributed by atoms with Crippen molar-refractivity contribution in [3.63, 3.8) is 0 Å². The Balaban J connectivity index is 2.06. The molecule has 1 atom stereocenters. The zero-order valence-electron chi connectivity index (χ0n) is 12.2. The van der Waals surface area contributed by atoms with Crippen molar-refractivity contribution in [2.24, 2.45) is 5.92 Å². The standard InChI is InChI=1S/C16H22F3NO/c1-2-20-15(11-12-7-9-21-10-8-12)13-3-5-14(6-4-13)16(17,18)19/h3-6,12,15,20H,2,7-11H2,1H3. The van der Waals surface area contributed by atoms with Gasteiger partial charge in [-0.3, -0.25) is 0 Å². The van der Waals surface area contributed by atoms with Gasteiger partial charge in [0.15, 0.2) is 0 Å². The van der Waals surface area contributed by atoms with E-state index in [9.17, 15) is 13.2 Å². The molecule has 0 bridgehead atoms. The molecule has 0 aromatic heterocycles. The maximum Gasteiger partial charge on any atom is 0.416 e. The summed E-state index contributed by atoms with van der Waals surface area (Å²) in [6.07, 6.45) is -1.26. The maximum atomic E-state index is 12.6. The fourth-order valence-electron chi connectivity index (χ4n) is 2.80. The molecular formula is C16H22F3NO. The summed E-state index contributed by atoms with van der Waals surface area (Å²) in [6.45, 7) is 4.39. The van der Waals surface area contributed by atoms with Crippen LogP contribution in [0.2, 0.25) is 0 Å². The molecule has 1 aliphatic heterocycles. The normalized spacial score (nSPS) is 18.7. The van der Waals surface area contributed by atoms with Crippen molar-refractivity contribution in [1.29, 1.82) is 0 Å². The third-order valence-corrected chi connectivity index (χ3v) is 4.00. The number of rotatable bonds is 5. The molecule has 2 nitrogen and oxygen atoms in total. The first kappa shape index (κ1) is 16.3. The molecule has 0 aliphatic carbocycles. The molecule has 1 saturated heterocycles. The van der Waals surface area contributed by atoms with Gasteiger partial charge in [-0.1, -0.05) is 19.1 Å². The first-order valence-corrected chi connectivity index (χ1v) is 7.49. The van der Waals surface area contributed by atoms with Crippen molar-refractivity contribution in [2.75, 3.05) is 19.8 Å². The average Bonchev–Trinajstić information content (AvgIpc) is 2.47. The van der Waals surface area contributed by atoms with Crippen LogP contribution < -0.4 is 5.32 Å². The Bertz CT molecular complexity index is 424. The minimum Gasteiger partial charge on any atom is -0.381 e. The van der Waals surface area contributed by atoms with Crippen LogP contribution in [0.1, 0.15) is 43.4 Å². The van der Waals surface area contributed by atoms with E-state index in [0.29, 0.717) is 5.92 Å². The topological polar surface area (TPSA) is 21.3 Å². The molecule has 1 unspecified atom stereocenters. The summed E-state index contributed by atoms with van der Waals surface area (Å²) in [6, 6.07) is 5.64. The van der Waals surface area contributed by atoms with Crippen LogP contribution in [0, 0.1) is 5.92 Å². The van der Waals surface area contributed by atoms with Crippen molar-refractivity contribution in [1.82, 2.24) is 5.32 Å². The van der Waals surface area contributed by atoms with Gasteiger partial charge < -0.3 is 10.1 Å². The van der Waals surface area contributed by atoms with E-state index in [1.807, 2.05) is 6.92 Å². The second-order valence-corrected chi connectivity index (χ2v) is 5.52. The summed E-state index contributed by atoms with van der Waals surface area (Å²) < 4.78 is 43.2. The highest BCUT2D eigenvalue weighted by Crippen LogP contribution is 2.32. The molecule has 1 fully saturated rings. The van der Waals surface area contributed by atoms with E-state index >= 15 is 0 Å². The van der Waals surface area contributed by atoms with Crippen molar-refractivity contribution < 1.29 is 17.9 Å². The molecule has 0 amide bonds. The first-order valence-electron chi connectivity index (χ1n) is 7.49. The smallest absolute Gasteiger partial charge is 0.381 e. The molecular weight excluding hydrogens is 279 g/mol. The number of halogens is 3. The van der Waals surface area contributed by atoms with Crippen molar-refractivity contribution in [3.05, 3.63) is 35.4 Å². The Labute approximate surface area is 123 Å². The SMILES string of the molecule is CCNC(CC1CCOCC1)c1ccc(C(F)(F)F)cc1. The molecule has 1 aliphatic rings. The summed E-state index contributed by atoms with van der Waals surface area (Å²) >= 11 is 0. The van der Waals surface area contributed by atoms with E-state index < -0.39 is 11.7 Å². The van der Waals surface area contributed by atoms with Crippen LogP contribution in [0.3, 0.4) is 0 Å². The van der Waals surface area contributed by atoms with E-state index in [1.54, 1.807) is 12.1 Å². The fraction of sp³-hybridized carbons (Fsp3) is 0.625. The number of nitrogens with one attached hydrogen (secondary N) is 1. The molecule has 118 valence electrons. The van der Waals surface area contributed by atoms with Crippen LogP contribution in [0.25, 0.3) is 0 Å². The Morgan fingerprint density at radius 3 is 2.33 bits per heavy atom. The van der Waals surface area contributed by atoms with Gasteiger partial charge in [0.1, 0.15) is 0 Å². The average molecular weight is 301 g/mol. The van der Waals surface area contributed by atoms with Crippen LogP contribution >= 0.6 is 0 Å². The van der Waals surface area contributed by atoms with Crippen molar-refractivity contribution in [3.8, 4) is 0 Å². The molecule has 5 heteroatoms. The Hall–Kier alpha value is -1.07. The van der Waals surface area contributed by atoms with E-state index in [2.05, 4.69) is 5.32 Å². The monoisotopic (exact) mass is 301 g/mol. The largest absolute Gasteiger partial charge is 0.416 e. The van der Waals surface area contributed by atoms with Gasteiger partial charge >= 0.3 is 6.18 Å². The van der Waals surface area contributed by atoms with E-state index in [0.717, 1.165) is 44.6 Å². The van der Waals surface area contributed by atoms with Gasteiger partial charge in [0.2, 0.25) is 0 Å². The van der Waals surface area contributed by atoms with Crippen LogP contribution in [0.15, 0.2) is 24.3 Å². The fourth-order valence-corrected chi connectivity index (χ4v) is 2.80. The minimum absolute atomic E-state index is 0.111. The zero-order valence-corrected chi connectivity index (χ0v) is 12.2. The third kappa shape index (κ3) is 4.71. The second-order valence-electron chi connectivity index (χ2n) is 5.52. The summed E-state index contributed by atoms with van der Waals surface area (Å²) in [5.74, 6) is 0.574. The summed E-state index contributed by atoms with van der Waals surface area (Å²) in [4.78, 5) is 0. The lowest BCUT2D eigenvalue weighted by Gasteiger charge is -2.27. The highest BCUT2D eigenvalue weighted by atomic mass is 19.4. The Morgan fingerprint density at radius 2 is 1.81 bits per heavy atom. The quantitative estimate of drug-likeness (QED) is 0.881. The predicted molar refractivity (Wildman–Crippen MR) is 76.0 cm³/mol. The van der Waals surface area contributed by atoms with E-state index in [-0.39, 0.29) is 6.04 Å². The maximum absolute atomic E-state index is 12.6. The van der Waals surface area contributed by atoms with E-state index in [4.69, 9.17) is 4.74 Å². The van der Waals surface area contributed by atoms with Crippen molar-refractivity contribution in [2.45, 2.75) is 38.4 Å². The van der Waals surface area contributed by atoms with Gasteiger partial charge in [-0.15, -0.1) is 0 Å². The van der Waals surface area contributed by atoms with Crippen LogP contribution in [-0.2, 0) is 10.9 Å². The molecule has 0 radical (unpaired) electrons. The van der Waals surface area contributed by atoms with Crippen molar-refractivity contribution >= 4 is 0 Å². The van der Waals surface area contributed by atoms with Gasteiger partial charge in [-0.05, 0) is 49.4 Å². The predicted octanol–water partition coefficient (Wildman–Crippen LogP) is 4.17. The molecule has 2 rings (SSSR count). The molecule has 1 aromatic rings. The summed E-state index contributed by atoms with van der Waals surface area (Å²) in [5.41, 5.74) is 0.337. The van der Waals surface area contributed by atoms with Gasteiger partial charge in [-0.25, -0.2) is 0 Å². The molecule has 0 spiro atoms. The van der Waals surface area contributed by atoms with Crippen LogP contribution in [-0.4, -0.2) is 19.8 Å². The molecule has 1 heterocycles. The van der Waals surface area contributed by atoms with E-state index in [1.165, 1.54) is 12.1 Å².